The average Bonchev–Trinajstić information content (AvgIpc) is 3.23. The second kappa shape index (κ2) is 6.89. The van der Waals surface area contributed by atoms with Gasteiger partial charge in [-0.1, -0.05) is 12.1 Å². The molecule has 1 aliphatic rings. The molecule has 0 bridgehead atoms. The van der Waals surface area contributed by atoms with Crippen LogP contribution in [0.3, 0.4) is 0 Å². The zero-order valence-corrected chi connectivity index (χ0v) is 13.1. The number of carboxylic acid groups (broad SMARTS) is 1. The lowest BCUT2D eigenvalue weighted by atomic mass is 10.1. The molecule has 1 saturated heterocycles. The molecule has 120 valence electrons. The van der Waals surface area contributed by atoms with Crippen LogP contribution in [-0.4, -0.2) is 28.6 Å². The van der Waals surface area contributed by atoms with E-state index in [2.05, 4.69) is 10.3 Å². The van der Waals surface area contributed by atoms with E-state index in [4.69, 9.17) is 9.84 Å². The molecule has 2 N–H and O–H groups in total. The van der Waals surface area contributed by atoms with Crippen molar-refractivity contribution in [2.24, 2.45) is 0 Å². The SMILES string of the molecule is O=C(O)c1ccc(CNC(=O)c2csc(C3CCCO3)n2)cc1. The van der Waals surface area contributed by atoms with Crippen molar-refractivity contribution in [1.29, 1.82) is 0 Å². The van der Waals surface area contributed by atoms with E-state index in [-0.39, 0.29) is 17.6 Å². The van der Waals surface area contributed by atoms with E-state index in [1.807, 2.05) is 0 Å². The lowest BCUT2D eigenvalue weighted by Gasteiger charge is -2.05. The van der Waals surface area contributed by atoms with E-state index >= 15 is 0 Å². The fourth-order valence-electron chi connectivity index (χ4n) is 2.35. The molecule has 1 aliphatic heterocycles. The van der Waals surface area contributed by atoms with Crippen molar-refractivity contribution in [2.75, 3.05) is 6.61 Å². The van der Waals surface area contributed by atoms with Gasteiger partial charge in [0.2, 0.25) is 0 Å². The molecule has 2 heterocycles. The summed E-state index contributed by atoms with van der Waals surface area (Å²) in [5.41, 5.74) is 1.45. The van der Waals surface area contributed by atoms with E-state index in [0.29, 0.717) is 12.2 Å². The number of nitrogens with zero attached hydrogens (tertiary/aromatic N) is 1. The molecule has 7 heteroatoms. The molecule has 0 aliphatic carbocycles. The molecule has 6 nitrogen and oxygen atoms in total. The summed E-state index contributed by atoms with van der Waals surface area (Å²) in [5.74, 6) is -1.21. The van der Waals surface area contributed by atoms with Crippen molar-refractivity contribution in [3.8, 4) is 0 Å². The Kier molecular flexibility index (Phi) is 4.68. The third-order valence-corrected chi connectivity index (χ3v) is 4.55. The number of benzene rings is 1. The van der Waals surface area contributed by atoms with Gasteiger partial charge in [0, 0.05) is 18.5 Å². The van der Waals surface area contributed by atoms with Gasteiger partial charge in [0.15, 0.2) is 0 Å². The molecule has 3 rings (SSSR count). The number of hydrogen-bond donors (Lipinski definition) is 2. The number of nitrogens with one attached hydrogen (secondary N) is 1. The highest BCUT2D eigenvalue weighted by atomic mass is 32.1. The van der Waals surface area contributed by atoms with Crippen LogP contribution in [-0.2, 0) is 11.3 Å². The van der Waals surface area contributed by atoms with Gasteiger partial charge in [-0.15, -0.1) is 11.3 Å². The summed E-state index contributed by atoms with van der Waals surface area (Å²) in [5, 5.41) is 14.2. The maximum Gasteiger partial charge on any atom is 0.335 e. The number of amides is 1. The summed E-state index contributed by atoms with van der Waals surface area (Å²) in [4.78, 5) is 27.3. The van der Waals surface area contributed by atoms with Crippen LogP contribution < -0.4 is 5.32 Å². The summed E-state index contributed by atoms with van der Waals surface area (Å²) < 4.78 is 5.56. The molecule has 1 fully saturated rings. The van der Waals surface area contributed by atoms with Crippen molar-refractivity contribution in [1.82, 2.24) is 10.3 Å². The summed E-state index contributed by atoms with van der Waals surface area (Å²) in [6, 6.07) is 6.40. The van der Waals surface area contributed by atoms with Gasteiger partial charge in [-0.2, -0.15) is 0 Å². The first kappa shape index (κ1) is 15.6. The van der Waals surface area contributed by atoms with E-state index in [1.165, 1.54) is 23.5 Å². The number of rotatable bonds is 5. The molecule has 0 radical (unpaired) electrons. The van der Waals surface area contributed by atoms with E-state index in [1.54, 1.807) is 17.5 Å². The Balaban J connectivity index is 1.57. The first-order chi connectivity index (χ1) is 11.1. The molecule has 0 spiro atoms. The second-order valence-electron chi connectivity index (χ2n) is 5.26. The van der Waals surface area contributed by atoms with Gasteiger partial charge in [0.05, 0.1) is 5.56 Å². The lowest BCUT2D eigenvalue weighted by molar-refractivity contribution is 0.0696. The van der Waals surface area contributed by atoms with Crippen LogP contribution in [0.1, 0.15) is 50.4 Å². The fraction of sp³-hybridized carbons (Fsp3) is 0.312. The highest BCUT2D eigenvalue weighted by Crippen LogP contribution is 2.30. The van der Waals surface area contributed by atoms with Crippen LogP contribution in [0.5, 0.6) is 0 Å². The van der Waals surface area contributed by atoms with Crippen LogP contribution >= 0.6 is 11.3 Å². The predicted molar refractivity (Wildman–Crippen MR) is 84.6 cm³/mol. The molecule has 1 amide bonds. The number of aromatic carboxylic acids is 1. The van der Waals surface area contributed by atoms with Gasteiger partial charge < -0.3 is 15.2 Å². The van der Waals surface area contributed by atoms with E-state index < -0.39 is 5.97 Å². The predicted octanol–water partition coefficient (Wildman–Crippen LogP) is 2.62. The van der Waals surface area contributed by atoms with Gasteiger partial charge in [-0.25, -0.2) is 9.78 Å². The standard InChI is InChI=1S/C16H16N2O4S/c19-14(12-9-23-15(18-12)13-2-1-7-22-13)17-8-10-3-5-11(6-4-10)16(20)21/h3-6,9,13H,1-2,7-8H2,(H,17,19)(H,20,21). The molecular formula is C16H16N2O4S. The number of aromatic nitrogens is 1. The molecule has 0 saturated carbocycles. The molecule has 1 aromatic heterocycles. The molecule has 1 unspecified atom stereocenters. The fourth-order valence-corrected chi connectivity index (χ4v) is 3.23. The molecule has 2 aromatic rings. The summed E-state index contributed by atoms with van der Waals surface area (Å²) in [6.45, 7) is 1.07. The van der Waals surface area contributed by atoms with Gasteiger partial charge in [-0.3, -0.25) is 4.79 Å². The first-order valence-corrected chi connectivity index (χ1v) is 8.19. The third-order valence-electron chi connectivity index (χ3n) is 3.61. The van der Waals surface area contributed by atoms with Gasteiger partial charge in [-0.05, 0) is 30.5 Å². The highest BCUT2D eigenvalue weighted by Gasteiger charge is 2.22. The lowest BCUT2D eigenvalue weighted by Crippen LogP contribution is -2.23. The van der Waals surface area contributed by atoms with Crippen molar-refractivity contribution in [2.45, 2.75) is 25.5 Å². The highest BCUT2D eigenvalue weighted by molar-refractivity contribution is 7.09. The normalized spacial score (nSPS) is 17.1. The van der Waals surface area contributed by atoms with Crippen molar-refractivity contribution in [3.05, 3.63) is 51.5 Å². The molecule has 23 heavy (non-hydrogen) atoms. The maximum absolute atomic E-state index is 12.1. The monoisotopic (exact) mass is 332 g/mol. The summed E-state index contributed by atoms with van der Waals surface area (Å²) >= 11 is 1.44. The minimum absolute atomic E-state index is 0.0186. The largest absolute Gasteiger partial charge is 0.478 e. The first-order valence-electron chi connectivity index (χ1n) is 7.31. The van der Waals surface area contributed by atoms with Gasteiger partial charge in [0.1, 0.15) is 16.8 Å². The Hall–Kier alpha value is -2.25. The summed E-state index contributed by atoms with van der Waals surface area (Å²) in [6.07, 6.45) is 1.99. The van der Waals surface area contributed by atoms with Crippen LogP contribution in [0, 0.1) is 0 Å². The zero-order chi connectivity index (χ0) is 16.2. The van der Waals surface area contributed by atoms with Crippen LogP contribution in [0.15, 0.2) is 29.6 Å². The smallest absolute Gasteiger partial charge is 0.335 e. The number of carbonyl (C=O) groups excluding carboxylic acids is 1. The van der Waals surface area contributed by atoms with Crippen LogP contribution in [0.4, 0.5) is 0 Å². The van der Waals surface area contributed by atoms with Gasteiger partial charge >= 0.3 is 5.97 Å². The number of hydrogen-bond acceptors (Lipinski definition) is 5. The minimum atomic E-state index is -0.968. The number of carboxylic acids is 1. The Morgan fingerprint density at radius 3 is 2.78 bits per heavy atom. The number of ether oxygens (including phenoxy) is 1. The van der Waals surface area contributed by atoms with Crippen molar-refractivity contribution >= 4 is 23.2 Å². The van der Waals surface area contributed by atoms with Crippen LogP contribution in [0.2, 0.25) is 0 Å². The number of thiazole rings is 1. The molecule has 1 atom stereocenters. The van der Waals surface area contributed by atoms with Crippen molar-refractivity contribution in [3.63, 3.8) is 0 Å². The van der Waals surface area contributed by atoms with E-state index in [9.17, 15) is 9.59 Å². The maximum atomic E-state index is 12.1. The summed E-state index contributed by atoms with van der Waals surface area (Å²) in [7, 11) is 0. The zero-order valence-electron chi connectivity index (χ0n) is 12.3. The third kappa shape index (κ3) is 3.75. The Bertz CT molecular complexity index is 705. The Morgan fingerprint density at radius 2 is 2.13 bits per heavy atom. The topological polar surface area (TPSA) is 88.5 Å². The second-order valence-corrected chi connectivity index (χ2v) is 6.15. The minimum Gasteiger partial charge on any atom is -0.478 e. The Labute approximate surface area is 137 Å². The quantitative estimate of drug-likeness (QED) is 0.878. The van der Waals surface area contributed by atoms with E-state index in [0.717, 1.165) is 30.0 Å². The molecular weight excluding hydrogens is 316 g/mol. The van der Waals surface area contributed by atoms with Gasteiger partial charge in [0.25, 0.3) is 5.91 Å². The Morgan fingerprint density at radius 1 is 1.35 bits per heavy atom. The van der Waals surface area contributed by atoms with Crippen molar-refractivity contribution < 1.29 is 19.4 Å². The average molecular weight is 332 g/mol. The number of carbonyl (C=O) groups is 2. The molecule has 1 aromatic carbocycles. The van der Waals surface area contributed by atoms with Crippen LogP contribution in [0.25, 0.3) is 0 Å².